The normalized spacial score (nSPS) is 18.8. The molecule has 1 aromatic rings. The van der Waals surface area contributed by atoms with E-state index < -0.39 is 0 Å². The average Bonchev–Trinajstić information content (AvgIpc) is 2.73. The summed E-state index contributed by atoms with van der Waals surface area (Å²) in [5.41, 5.74) is 2.34. The van der Waals surface area contributed by atoms with Gasteiger partial charge in [0, 0.05) is 51.9 Å². The lowest BCUT2D eigenvalue weighted by Crippen LogP contribution is -2.56. The summed E-state index contributed by atoms with van der Waals surface area (Å²) in [5.74, 6) is 0. The van der Waals surface area contributed by atoms with E-state index in [1.165, 1.54) is 5.56 Å². The molecule has 1 aromatic carbocycles. The predicted octanol–water partition coefficient (Wildman–Crippen LogP) is 2.44. The Bertz CT molecular complexity index is 648. The zero-order valence-electron chi connectivity index (χ0n) is 17.0. The van der Waals surface area contributed by atoms with Crippen molar-refractivity contribution in [2.45, 2.75) is 39.3 Å². The highest BCUT2D eigenvalue weighted by Crippen LogP contribution is 2.19. The van der Waals surface area contributed by atoms with Gasteiger partial charge in [-0.3, -0.25) is 4.90 Å². The lowest BCUT2D eigenvalue weighted by atomic mass is 10.0. The van der Waals surface area contributed by atoms with E-state index >= 15 is 0 Å². The number of carbonyl (C=O) groups excluding carboxylic acids is 2. The van der Waals surface area contributed by atoms with Crippen molar-refractivity contribution >= 4 is 12.1 Å². The first-order valence-electron chi connectivity index (χ1n) is 10.3. The van der Waals surface area contributed by atoms with E-state index in [0.29, 0.717) is 19.2 Å². The highest BCUT2D eigenvalue weighted by atomic mass is 16.6. The Balaban J connectivity index is 1.38. The summed E-state index contributed by atoms with van der Waals surface area (Å²) in [4.78, 5) is 30.4. The fourth-order valence-corrected chi connectivity index (χ4v) is 3.91. The van der Waals surface area contributed by atoms with Crippen LogP contribution in [0.3, 0.4) is 0 Å². The second kappa shape index (κ2) is 9.78. The number of carbonyl (C=O) groups is 2. The van der Waals surface area contributed by atoms with E-state index in [1.807, 2.05) is 11.8 Å². The molecule has 154 valence electrons. The van der Waals surface area contributed by atoms with Gasteiger partial charge < -0.3 is 19.9 Å². The molecule has 3 rings (SSSR count). The maximum atomic E-state index is 12.4. The molecule has 0 radical (unpaired) electrons. The van der Waals surface area contributed by atoms with E-state index in [0.717, 1.165) is 57.7 Å². The third-order valence-corrected chi connectivity index (χ3v) is 5.67. The second-order valence-corrected chi connectivity index (χ2v) is 7.58. The summed E-state index contributed by atoms with van der Waals surface area (Å²) in [6.45, 7) is 9.66. The Kier molecular flexibility index (Phi) is 7.14. The maximum Gasteiger partial charge on any atom is 0.409 e. The number of amides is 3. The van der Waals surface area contributed by atoms with Crippen LogP contribution in [0.2, 0.25) is 0 Å². The molecule has 0 aromatic heterocycles. The van der Waals surface area contributed by atoms with Gasteiger partial charge in [-0.05, 0) is 32.3 Å². The number of hydrogen-bond donors (Lipinski definition) is 1. The average molecular weight is 389 g/mol. The van der Waals surface area contributed by atoms with Crippen LogP contribution >= 0.6 is 0 Å². The van der Waals surface area contributed by atoms with Crippen LogP contribution in [0.5, 0.6) is 0 Å². The van der Waals surface area contributed by atoms with Crippen molar-refractivity contribution in [3.63, 3.8) is 0 Å². The Hall–Kier alpha value is -2.28. The van der Waals surface area contributed by atoms with Crippen LogP contribution in [0, 0.1) is 6.92 Å². The van der Waals surface area contributed by atoms with Crippen LogP contribution in [0.4, 0.5) is 9.59 Å². The molecule has 0 bridgehead atoms. The topological polar surface area (TPSA) is 65.1 Å². The number of nitrogens with one attached hydrogen (secondary N) is 1. The molecule has 2 aliphatic heterocycles. The molecule has 2 aliphatic rings. The molecule has 0 atom stereocenters. The number of piperazine rings is 1. The van der Waals surface area contributed by atoms with Crippen molar-refractivity contribution < 1.29 is 14.3 Å². The van der Waals surface area contributed by atoms with Gasteiger partial charge in [-0.1, -0.05) is 29.8 Å². The van der Waals surface area contributed by atoms with Crippen LogP contribution in [0.1, 0.15) is 30.9 Å². The first-order valence-corrected chi connectivity index (χ1v) is 10.3. The quantitative estimate of drug-likeness (QED) is 0.861. The number of ether oxygens (including phenoxy) is 1. The van der Waals surface area contributed by atoms with Crippen molar-refractivity contribution in [1.82, 2.24) is 20.0 Å². The monoisotopic (exact) mass is 388 g/mol. The molecule has 1 N–H and O–H groups in total. The lowest BCUT2D eigenvalue weighted by Gasteiger charge is -2.42. The zero-order chi connectivity index (χ0) is 19.9. The second-order valence-electron chi connectivity index (χ2n) is 7.58. The molecule has 2 fully saturated rings. The number of hydrogen-bond acceptors (Lipinski definition) is 4. The van der Waals surface area contributed by atoms with E-state index in [-0.39, 0.29) is 12.1 Å². The minimum absolute atomic E-state index is 0.0114. The van der Waals surface area contributed by atoms with E-state index in [9.17, 15) is 9.59 Å². The molecular weight excluding hydrogens is 356 g/mol. The summed E-state index contributed by atoms with van der Waals surface area (Å²) in [7, 11) is 0. The van der Waals surface area contributed by atoms with Crippen molar-refractivity contribution in [1.29, 1.82) is 0 Å². The van der Waals surface area contributed by atoms with Gasteiger partial charge in [-0.15, -0.1) is 0 Å². The standard InChI is InChI=1S/C21H32N4O3/c1-3-28-21(27)25-10-8-19(9-11-25)23-12-14-24(15-13-23)20(26)22-16-18-6-4-17(2)5-7-18/h4-7,19H,3,8-16H2,1-2H3,(H,22,26). The molecule has 0 aliphatic carbocycles. The van der Waals surface area contributed by atoms with Gasteiger partial charge in [0.2, 0.25) is 0 Å². The lowest BCUT2D eigenvalue weighted by molar-refractivity contribution is 0.0568. The molecule has 7 nitrogen and oxygen atoms in total. The Labute approximate surface area is 167 Å². The van der Waals surface area contributed by atoms with Gasteiger partial charge >= 0.3 is 12.1 Å². The predicted molar refractivity (Wildman–Crippen MR) is 108 cm³/mol. The van der Waals surface area contributed by atoms with Crippen LogP contribution in [0.25, 0.3) is 0 Å². The van der Waals surface area contributed by atoms with Gasteiger partial charge in [-0.2, -0.15) is 0 Å². The Morgan fingerprint density at radius 3 is 2.25 bits per heavy atom. The number of urea groups is 1. The molecule has 28 heavy (non-hydrogen) atoms. The number of rotatable bonds is 4. The fourth-order valence-electron chi connectivity index (χ4n) is 3.91. The van der Waals surface area contributed by atoms with Crippen molar-refractivity contribution in [3.05, 3.63) is 35.4 Å². The molecule has 3 amide bonds. The Morgan fingerprint density at radius 2 is 1.64 bits per heavy atom. The fraction of sp³-hybridized carbons (Fsp3) is 0.619. The molecule has 2 heterocycles. The SMILES string of the molecule is CCOC(=O)N1CCC(N2CCN(C(=O)NCc3ccc(C)cc3)CC2)CC1. The van der Waals surface area contributed by atoms with Crippen molar-refractivity contribution in [3.8, 4) is 0 Å². The number of piperidine rings is 1. The summed E-state index contributed by atoms with van der Waals surface area (Å²) < 4.78 is 5.09. The molecule has 0 unspecified atom stereocenters. The third kappa shape index (κ3) is 5.38. The van der Waals surface area contributed by atoms with E-state index in [4.69, 9.17) is 4.74 Å². The molecule has 0 spiro atoms. The number of aryl methyl sites for hydroxylation is 1. The first kappa shape index (κ1) is 20.5. The van der Waals surface area contributed by atoms with E-state index in [2.05, 4.69) is 41.4 Å². The maximum absolute atomic E-state index is 12.4. The first-order chi connectivity index (χ1) is 13.6. The number of likely N-dealkylation sites (tertiary alicyclic amines) is 1. The third-order valence-electron chi connectivity index (χ3n) is 5.67. The van der Waals surface area contributed by atoms with Crippen LogP contribution < -0.4 is 5.32 Å². The van der Waals surface area contributed by atoms with Crippen LogP contribution in [0.15, 0.2) is 24.3 Å². The number of nitrogens with zero attached hydrogens (tertiary/aromatic N) is 3. The van der Waals surface area contributed by atoms with E-state index in [1.54, 1.807) is 4.90 Å². The van der Waals surface area contributed by atoms with Gasteiger partial charge in [0.05, 0.1) is 6.61 Å². The minimum Gasteiger partial charge on any atom is -0.450 e. The van der Waals surface area contributed by atoms with Crippen LogP contribution in [-0.2, 0) is 11.3 Å². The van der Waals surface area contributed by atoms with Gasteiger partial charge in [0.1, 0.15) is 0 Å². The smallest absolute Gasteiger partial charge is 0.409 e. The van der Waals surface area contributed by atoms with Crippen molar-refractivity contribution in [2.24, 2.45) is 0 Å². The van der Waals surface area contributed by atoms with Crippen LogP contribution in [-0.4, -0.2) is 78.7 Å². The highest BCUT2D eigenvalue weighted by Gasteiger charge is 2.30. The van der Waals surface area contributed by atoms with Crippen molar-refractivity contribution in [2.75, 3.05) is 45.9 Å². The molecular formula is C21H32N4O3. The summed E-state index contributed by atoms with van der Waals surface area (Å²) in [6, 6.07) is 8.73. The zero-order valence-corrected chi connectivity index (χ0v) is 17.0. The largest absolute Gasteiger partial charge is 0.450 e. The van der Waals surface area contributed by atoms with Gasteiger partial charge in [0.15, 0.2) is 0 Å². The molecule has 0 saturated carbocycles. The summed E-state index contributed by atoms with van der Waals surface area (Å²) in [5, 5.41) is 3.02. The molecule has 7 heteroatoms. The highest BCUT2D eigenvalue weighted by molar-refractivity contribution is 5.74. The number of benzene rings is 1. The van der Waals surface area contributed by atoms with Gasteiger partial charge in [-0.25, -0.2) is 9.59 Å². The van der Waals surface area contributed by atoms with Gasteiger partial charge in [0.25, 0.3) is 0 Å². The summed E-state index contributed by atoms with van der Waals surface area (Å²) in [6.07, 6.45) is 1.74. The Morgan fingerprint density at radius 1 is 1.00 bits per heavy atom. The molecule has 2 saturated heterocycles. The summed E-state index contributed by atoms with van der Waals surface area (Å²) >= 11 is 0. The minimum atomic E-state index is -0.198.